The molecule has 0 saturated heterocycles. The first kappa shape index (κ1) is 8.46. The van der Waals surface area contributed by atoms with E-state index < -0.39 is 0 Å². The Balaban J connectivity index is 2.27. The number of rotatable bonds is 4. The van der Waals surface area contributed by atoms with Crippen molar-refractivity contribution in [3.05, 3.63) is 12.3 Å². The molecule has 1 rings (SSSR count). The topological polar surface area (TPSA) is 43.8 Å². The molecule has 1 aromatic rings. The van der Waals surface area contributed by atoms with Crippen molar-refractivity contribution >= 4 is 17.6 Å². The van der Waals surface area contributed by atoms with Crippen LogP contribution in [0.15, 0.2) is 12.3 Å². The van der Waals surface area contributed by atoms with Crippen LogP contribution in [-0.4, -0.2) is 21.3 Å². The summed E-state index contributed by atoms with van der Waals surface area (Å²) in [6.45, 7) is 3.11. The number of aromatic nitrogens is 2. The molecule has 0 saturated carbocycles. The summed E-state index contributed by atoms with van der Waals surface area (Å²) in [7, 11) is 0. The van der Waals surface area contributed by atoms with Crippen molar-refractivity contribution in [2.24, 2.45) is 0 Å². The molecule has 11 heavy (non-hydrogen) atoms. The van der Waals surface area contributed by atoms with Gasteiger partial charge < -0.3 is 5.73 Å². The second-order valence-corrected chi connectivity index (χ2v) is 3.59. The van der Waals surface area contributed by atoms with E-state index in [1.807, 2.05) is 28.7 Å². The minimum absolute atomic E-state index is 0.603. The van der Waals surface area contributed by atoms with Crippen LogP contribution in [-0.2, 0) is 6.54 Å². The van der Waals surface area contributed by atoms with Gasteiger partial charge in [0.05, 0.1) is 6.54 Å². The Morgan fingerprint density at radius 1 is 1.73 bits per heavy atom. The second kappa shape index (κ2) is 4.28. The van der Waals surface area contributed by atoms with Gasteiger partial charge in [-0.1, -0.05) is 6.92 Å². The van der Waals surface area contributed by atoms with Gasteiger partial charge in [0.2, 0.25) is 0 Å². The van der Waals surface area contributed by atoms with Crippen LogP contribution in [0.1, 0.15) is 6.92 Å². The maximum absolute atomic E-state index is 5.44. The van der Waals surface area contributed by atoms with E-state index in [2.05, 4.69) is 12.0 Å². The lowest BCUT2D eigenvalue weighted by Crippen LogP contribution is -2.01. The predicted molar refractivity (Wildman–Crippen MR) is 49.6 cm³/mol. The van der Waals surface area contributed by atoms with Crippen molar-refractivity contribution in [3.63, 3.8) is 0 Å². The van der Waals surface area contributed by atoms with Crippen LogP contribution < -0.4 is 5.73 Å². The first-order valence-corrected chi connectivity index (χ1v) is 4.85. The van der Waals surface area contributed by atoms with Crippen LogP contribution in [0.4, 0.5) is 5.82 Å². The highest BCUT2D eigenvalue weighted by Crippen LogP contribution is 2.01. The van der Waals surface area contributed by atoms with Gasteiger partial charge in [-0.3, -0.25) is 4.68 Å². The summed E-state index contributed by atoms with van der Waals surface area (Å²) in [5.74, 6) is 2.88. The Bertz CT molecular complexity index is 209. The number of hydrogen-bond acceptors (Lipinski definition) is 3. The number of nitrogens with zero attached hydrogens (tertiary/aromatic N) is 2. The smallest absolute Gasteiger partial charge is 0.145 e. The Hall–Kier alpha value is -0.640. The molecule has 0 amide bonds. The van der Waals surface area contributed by atoms with Gasteiger partial charge in [0.1, 0.15) is 5.82 Å². The average molecular weight is 171 g/mol. The molecule has 0 spiro atoms. The summed E-state index contributed by atoms with van der Waals surface area (Å²) in [5.41, 5.74) is 5.44. The van der Waals surface area contributed by atoms with Gasteiger partial charge in [-0.25, -0.2) is 0 Å². The molecule has 0 unspecified atom stereocenters. The summed E-state index contributed by atoms with van der Waals surface area (Å²) in [6.07, 6.45) is 1.91. The maximum Gasteiger partial charge on any atom is 0.145 e. The molecule has 3 nitrogen and oxygen atoms in total. The third kappa shape index (κ3) is 2.84. The number of nitrogens with two attached hydrogens (primary N) is 1. The minimum Gasteiger partial charge on any atom is -0.382 e. The molecular weight excluding hydrogens is 158 g/mol. The van der Waals surface area contributed by atoms with Gasteiger partial charge >= 0.3 is 0 Å². The van der Waals surface area contributed by atoms with Crippen molar-refractivity contribution in [3.8, 4) is 0 Å². The summed E-state index contributed by atoms with van der Waals surface area (Å²) in [5, 5.41) is 4.06. The van der Waals surface area contributed by atoms with Crippen LogP contribution in [0.5, 0.6) is 0 Å². The fourth-order valence-electron chi connectivity index (χ4n) is 0.804. The first-order valence-electron chi connectivity index (χ1n) is 3.69. The quantitative estimate of drug-likeness (QED) is 0.693. The SMILES string of the molecule is CCSCCn1ccc(N)n1. The van der Waals surface area contributed by atoms with E-state index in [1.54, 1.807) is 0 Å². The molecule has 62 valence electrons. The van der Waals surface area contributed by atoms with Gasteiger partial charge in [-0.05, 0) is 11.8 Å². The normalized spacial score (nSPS) is 10.3. The maximum atomic E-state index is 5.44. The molecule has 4 heteroatoms. The number of nitrogen functional groups attached to an aromatic ring is 1. The summed E-state index contributed by atoms with van der Waals surface area (Å²) in [4.78, 5) is 0. The zero-order valence-corrected chi connectivity index (χ0v) is 7.47. The molecule has 0 aromatic carbocycles. The number of anilines is 1. The fraction of sp³-hybridized carbons (Fsp3) is 0.571. The minimum atomic E-state index is 0.603. The molecule has 0 aliphatic rings. The lowest BCUT2D eigenvalue weighted by Gasteiger charge is -1.98. The van der Waals surface area contributed by atoms with Crippen molar-refractivity contribution in [1.82, 2.24) is 9.78 Å². The van der Waals surface area contributed by atoms with E-state index in [9.17, 15) is 0 Å². The summed E-state index contributed by atoms with van der Waals surface area (Å²) >= 11 is 1.91. The molecule has 2 N–H and O–H groups in total. The molecule has 0 bridgehead atoms. The van der Waals surface area contributed by atoms with Crippen molar-refractivity contribution in [2.75, 3.05) is 17.2 Å². The number of hydrogen-bond donors (Lipinski definition) is 1. The van der Waals surface area contributed by atoms with Gasteiger partial charge in [0.15, 0.2) is 0 Å². The molecule has 0 radical (unpaired) electrons. The third-order valence-corrected chi connectivity index (χ3v) is 2.21. The molecule has 0 atom stereocenters. The van der Waals surface area contributed by atoms with Gasteiger partial charge in [-0.2, -0.15) is 16.9 Å². The summed E-state index contributed by atoms with van der Waals surface area (Å²) in [6, 6.07) is 1.82. The predicted octanol–water partition coefficient (Wildman–Crippen LogP) is 1.22. The Kier molecular flexibility index (Phi) is 3.29. The monoisotopic (exact) mass is 171 g/mol. The zero-order chi connectivity index (χ0) is 8.10. The lowest BCUT2D eigenvalue weighted by atomic mass is 10.7. The second-order valence-electron chi connectivity index (χ2n) is 2.20. The van der Waals surface area contributed by atoms with E-state index in [0.29, 0.717) is 5.82 Å². The van der Waals surface area contributed by atoms with Gasteiger partial charge in [0.25, 0.3) is 0 Å². The molecule has 0 fully saturated rings. The van der Waals surface area contributed by atoms with E-state index in [4.69, 9.17) is 5.73 Å². The lowest BCUT2D eigenvalue weighted by molar-refractivity contribution is 0.669. The van der Waals surface area contributed by atoms with Gasteiger partial charge in [0, 0.05) is 11.9 Å². The van der Waals surface area contributed by atoms with Crippen LogP contribution in [0.3, 0.4) is 0 Å². The molecule has 1 heterocycles. The van der Waals surface area contributed by atoms with E-state index in [1.165, 1.54) is 0 Å². The Morgan fingerprint density at radius 2 is 2.55 bits per heavy atom. The molecule has 0 aliphatic carbocycles. The highest BCUT2D eigenvalue weighted by atomic mass is 32.2. The Morgan fingerprint density at radius 3 is 3.09 bits per heavy atom. The molecule has 1 aromatic heterocycles. The first-order chi connectivity index (χ1) is 5.33. The zero-order valence-electron chi connectivity index (χ0n) is 6.66. The highest BCUT2D eigenvalue weighted by Gasteiger charge is 1.92. The van der Waals surface area contributed by atoms with Crippen LogP contribution in [0, 0.1) is 0 Å². The molecular formula is C7H13N3S. The van der Waals surface area contributed by atoms with Crippen LogP contribution in [0.2, 0.25) is 0 Å². The largest absolute Gasteiger partial charge is 0.382 e. The standard InChI is InChI=1S/C7H13N3S/c1-2-11-6-5-10-4-3-7(8)9-10/h3-4H,2,5-6H2,1H3,(H2,8,9). The van der Waals surface area contributed by atoms with E-state index in [0.717, 1.165) is 18.1 Å². The molecule has 0 aliphatic heterocycles. The fourth-order valence-corrected chi connectivity index (χ4v) is 1.41. The van der Waals surface area contributed by atoms with Crippen LogP contribution in [0.25, 0.3) is 0 Å². The van der Waals surface area contributed by atoms with Gasteiger partial charge in [-0.15, -0.1) is 0 Å². The number of aryl methyl sites for hydroxylation is 1. The number of thioether (sulfide) groups is 1. The van der Waals surface area contributed by atoms with E-state index in [-0.39, 0.29) is 0 Å². The van der Waals surface area contributed by atoms with Crippen molar-refractivity contribution < 1.29 is 0 Å². The average Bonchev–Trinajstić information content (AvgIpc) is 2.37. The van der Waals surface area contributed by atoms with Crippen molar-refractivity contribution in [2.45, 2.75) is 13.5 Å². The third-order valence-electron chi connectivity index (χ3n) is 1.33. The van der Waals surface area contributed by atoms with Crippen LogP contribution >= 0.6 is 11.8 Å². The van der Waals surface area contributed by atoms with Crippen molar-refractivity contribution in [1.29, 1.82) is 0 Å². The Labute approximate surface area is 71.0 Å². The van der Waals surface area contributed by atoms with E-state index >= 15 is 0 Å². The summed E-state index contributed by atoms with van der Waals surface area (Å²) < 4.78 is 1.87. The highest BCUT2D eigenvalue weighted by molar-refractivity contribution is 7.99.